The topological polar surface area (TPSA) is 106 Å². The van der Waals surface area contributed by atoms with Crippen molar-refractivity contribution in [1.82, 2.24) is 4.72 Å². The van der Waals surface area contributed by atoms with Crippen molar-refractivity contribution in [2.75, 3.05) is 11.5 Å². The van der Waals surface area contributed by atoms with Gasteiger partial charge in [0.05, 0.1) is 16.5 Å². The molecule has 0 aliphatic carbocycles. The van der Waals surface area contributed by atoms with E-state index in [2.05, 4.69) is 4.72 Å². The van der Waals surface area contributed by atoms with Gasteiger partial charge >= 0.3 is 0 Å². The second-order valence-corrected chi connectivity index (χ2v) is 9.36. The lowest BCUT2D eigenvalue weighted by Crippen LogP contribution is -2.43. The average molecular weight is 353 g/mol. The number of rotatable bonds is 4. The maximum absolute atomic E-state index is 12.3. The fourth-order valence-corrected chi connectivity index (χ4v) is 5.87. The van der Waals surface area contributed by atoms with E-state index in [4.69, 9.17) is 17.3 Å². The minimum absolute atomic E-state index is 0.0654. The van der Waals surface area contributed by atoms with Crippen LogP contribution in [0, 0.1) is 0 Å². The summed E-state index contributed by atoms with van der Waals surface area (Å²) in [5.41, 5.74) is 6.19. The molecule has 0 radical (unpaired) electrons. The fourth-order valence-electron chi connectivity index (χ4n) is 2.29. The summed E-state index contributed by atoms with van der Waals surface area (Å²) in [5, 5.41) is 0.0733. The Kier molecular flexibility index (Phi) is 4.94. The van der Waals surface area contributed by atoms with Gasteiger partial charge in [0, 0.05) is 12.6 Å². The molecule has 3 N–H and O–H groups in total. The molecule has 0 spiro atoms. The van der Waals surface area contributed by atoms with Gasteiger partial charge in [-0.1, -0.05) is 17.7 Å². The molecule has 0 bridgehead atoms. The van der Waals surface area contributed by atoms with E-state index < -0.39 is 25.9 Å². The number of hydrogen-bond acceptors (Lipinski definition) is 5. The summed E-state index contributed by atoms with van der Waals surface area (Å²) >= 11 is 5.97. The van der Waals surface area contributed by atoms with Crippen LogP contribution in [0.2, 0.25) is 5.02 Å². The molecule has 118 valence electrons. The standard InChI is InChI=1S/C12H17ClN2O4S2/c13-11-6-9(7-14)3-4-12(11)21(18,19)15-10-2-1-5-20(16,17)8-10/h3-4,6,10,15H,1-2,5,7-8,14H2. The molecule has 21 heavy (non-hydrogen) atoms. The molecule has 1 aromatic carbocycles. The van der Waals surface area contributed by atoms with E-state index in [1.807, 2.05) is 0 Å². The molecular weight excluding hydrogens is 336 g/mol. The van der Waals surface area contributed by atoms with Gasteiger partial charge in [-0.3, -0.25) is 0 Å². The van der Waals surface area contributed by atoms with Crippen molar-refractivity contribution in [3.8, 4) is 0 Å². The van der Waals surface area contributed by atoms with Gasteiger partial charge in [0.15, 0.2) is 9.84 Å². The van der Waals surface area contributed by atoms with Crippen LogP contribution >= 0.6 is 11.6 Å². The Morgan fingerprint density at radius 3 is 2.67 bits per heavy atom. The zero-order chi connectivity index (χ0) is 15.7. The van der Waals surface area contributed by atoms with E-state index in [-0.39, 0.29) is 28.0 Å². The molecule has 1 unspecified atom stereocenters. The third-order valence-electron chi connectivity index (χ3n) is 3.31. The van der Waals surface area contributed by atoms with Crippen LogP contribution < -0.4 is 10.5 Å². The predicted octanol–water partition coefficient (Wildman–Crippen LogP) is 0.654. The summed E-state index contributed by atoms with van der Waals surface area (Å²) in [7, 11) is -7.04. The minimum atomic E-state index is -3.85. The van der Waals surface area contributed by atoms with Crippen molar-refractivity contribution in [1.29, 1.82) is 0 Å². The first kappa shape index (κ1) is 16.7. The maximum Gasteiger partial charge on any atom is 0.242 e. The predicted molar refractivity (Wildman–Crippen MR) is 81.3 cm³/mol. The zero-order valence-electron chi connectivity index (χ0n) is 11.2. The largest absolute Gasteiger partial charge is 0.326 e. The molecule has 1 aliphatic heterocycles. The van der Waals surface area contributed by atoms with Crippen molar-refractivity contribution >= 4 is 31.5 Å². The lowest BCUT2D eigenvalue weighted by Gasteiger charge is -2.23. The molecule has 2 rings (SSSR count). The summed E-state index contributed by atoms with van der Waals surface area (Å²) < 4.78 is 50.2. The zero-order valence-corrected chi connectivity index (χ0v) is 13.6. The number of hydrogen-bond donors (Lipinski definition) is 2. The quantitative estimate of drug-likeness (QED) is 0.827. The highest BCUT2D eigenvalue weighted by atomic mass is 35.5. The van der Waals surface area contributed by atoms with E-state index in [0.29, 0.717) is 12.8 Å². The Morgan fingerprint density at radius 1 is 1.38 bits per heavy atom. The van der Waals surface area contributed by atoms with Gasteiger partial charge in [-0.2, -0.15) is 0 Å². The third-order valence-corrected chi connectivity index (χ3v) is 7.13. The summed E-state index contributed by atoms with van der Waals surface area (Å²) in [6.07, 6.45) is 0.951. The monoisotopic (exact) mass is 352 g/mol. The van der Waals surface area contributed by atoms with Crippen LogP contribution in [0.25, 0.3) is 0 Å². The maximum atomic E-state index is 12.3. The van der Waals surface area contributed by atoms with Crippen molar-refractivity contribution < 1.29 is 16.8 Å². The van der Waals surface area contributed by atoms with Crippen LogP contribution in [0.5, 0.6) is 0 Å². The molecule has 0 aromatic heterocycles. The van der Waals surface area contributed by atoms with Gasteiger partial charge < -0.3 is 5.73 Å². The van der Waals surface area contributed by atoms with Crippen molar-refractivity contribution in [2.45, 2.75) is 30.3 Å². The Morgan fingerprint density at radius 2 is 2.10 bits per heavy atom. The smallest absolute Gasteiger partial charge is 0.242 e. The van der Waals surface area contributed by atoms with Gasteiger partial charge in [-0.15, -0.1) is 0 Å². The molecule has 1 aromatic rings. The second kappa shape index (κ2) is 6.21. The summed E-state index contributed by atoms with van der Waals surface area (Å²) in [6.45, 7) is 0.258. The Hall–Kier alpha value is -0.670. The van der Waals surface area contributed by atoms with E-state index in [1.165, 1.54) is 12.1 Å². The molecule has 1 aliphatic rings. The van der Waals surface area contributed by atoms with Crippen molar-refractivity contribution in [2.24, 2.45) is 5.73 Å². The number of sulfone groups is 1. The number of nitrogens with one attached hydrogen (secondary N) is 1. The first-order valence-electron chi connectivity index (χ1n) is 6.45. The lowest BCUT2D eigenvalue weighted by molar-refractivity contribution is 0.517. The summed E-state index contributed by atoms with van der Waals surface area (Å²) in [5.74, 6) is -0.0675. The van der Waals surface area contributed by atoms with E-state index >= 15 is 0 Å². The van der Waals surface area contributed by atoms with E-state index in [9.17, 15) is 16.8 Å². The van der Waals surface area contributed by atoms with E-state index in [1.54, 1.807) is 6.07 Å². The molecule has 9 heteroatoms. The molecule has 1 atom stereocenters. The van der Waals surface area contributed by atoms with Crippen LogP contribution in [-0.2, 0) is 26.4 Å². The molecular formula is C12H17ClN2O4S2. The summed E-state index contributed by atoms with van der Waals surface area (Å²) in [4.78, 5) is -0.0654. The van der Waals surface area contributed by atoms with Gasteiger partial charge in [-0.05, 0) is 30.5 Å². The van der Waals surface area contributed by atoms with Crippen molar-refractivity contribution in [3.63, 3.8) is 0 Å². The minimum Gasteiger partial charge on any atom is -0.326 e. The fraction of sp³-hybridized carbons (Fsp3) is 0.500. The second-order valence-electron chi connectivity index (χ2n) is 5.04. The van der Waals surface area contributed by atoms with Crippen LogP contribution in [0.1, 0.15) is 18.4 Å². The van der Waals surface area contributed by atoms with Gasteiger partial charge in [-0.25, -0.2) is 21.6 Å². The highest BCUT2D eigenvalue weighted by molar-refractivity contribution is 7.91. The number of nitrogens with two attached hydrogens (primary N) is 1. The first-order valence-corrected chi connectivity index (χ1v) is 10.1. The molecule has 0 saturated carbocycles. The Bertz CT molecular complexity index is 732. The Balaban J connectivity index is 2.22. The molecule has 1 fully saturated rings. The van der Waals surface area contributed by atoms with E-state index in [0.717, 1.165) is 5.56 Å². The number of benzene rings is 1. The van der Waals surface area contributed by atoms with Gasteiger partial charge in [0.2, 0.25) is 10.0 Å². The van der Waals surface area contributed by atoms with Gasteiger partial charge in [0.1, 0.15) is 4.90 Å². The molecule has 0 amide bonds. The first-order chi connectivity index (χ1) is 9.73. The highest BCUT2D eigenvalue weighted by Gasteiger charge is 2.29. The Labute approximate surface area is 129 Å². The highest BCUT2D eigenvalue weighted by Crippen LogP contribution is 2.24. The molecule has 1 heterocycles. The van der Waals surface area contributed by atoms with Gasteiger partial charge in [0.25, 0.3) is 0 Å². The molecule has 1 saturated heterocycles. The van der Waals surface area contributed by atoms with Crippen LogP contribution in [0.4, 0.5) is 0 Å². The molecule has 6 nitrogen and oxygen atoms in total. The number of halogens is 1. The van der Waals surface area contributed by atoms with Crippen molar-refractivity contribution in [3.05, 3.63) is 28.8 Å². The number of sulfonamides is 1. The van der Waals surface area contributed by atoms with Crippen LogP contribution in [-0.4, -0.2) is 34.4 Å². The van der Waals surface area contributed by atoms with Crippen LogP contribution in [0.3, 0.4) is 0 Å². The SMILES string of the molecule is NCc1ccc(S(=O)(=O)NC2CCCS(=O)(=O)C2)c(Cl)c1. The average Bonchev–Trinajstić information content (AvgIpc) is 2.36. The normalized spacial score (nSPS) is 22.1. The lowest BCUT2D eigenvalue weighted by atomic mass is 10.2. The summed E-state index contributed by atoms with van der Waals surface area (Å²) in [6, 6.07) is 3.84. The third kappa shape index (κ3) is 4.17. The van der Waals surface area contributed by atoms with Crippen LogP contribution in [0.15, 0.2) is 23.1 Å².